The number of aliphatic hydroxyl groups excluding tert-OH is 5. The topological polar surface area (TPSA) is 364 Å². The molecule has 25 nitrogen and oxygen atoms in total. The van der Waals surface area contributed by atoms with Crippen LogP contribution >= 0.6 is 0 Å². The summed E-state index contributed by atoms with van der Waals surface area (Å²) in [5.74, 6) is -15.8. The first-order chi connectivity index (χ1) is 87.5. The number of cyclic esters (lactones) is 5. The lowest BCUT2D eigenvalue weighted by Crippen LogP contribution is -2.43. The Labute approximate surface area is 956 Å². The van der Waals surface area contributed by atoms with E-state index >= 15 is 0 Å². The molecule has 0 spiro atoms. The molecular formula is C125H190O25. The molecule has 15 rings (SSSR count). The van der Waals surface area contributed by atoms with Crippen molar-refractivity contribution in [3.05, 3.63) is 119 Å². The number of hydrogen-bond acceptors (Lipinski definition) is 25. The van der Waals surface area contributed by atoms with Gasteiger partial charge in [0.05, 0.1) is 89.7 Å². The standard InChI is InChI=1S/5C25H38O5/c5*1-6-25(4,5)24(28)30-21-12-15(2)11-17-8-7-16(3)20(23(17)21)10-9-19-13-18(26)14-22(27)29-19/h5*7-8,11,15-16,18-21,23,26H,6,9-10,12-14H2,1-5H3/t5*15-,16-,18+,19?,20-,21-,23-/m00000/s1/i1D3,2D3,4D3,5D3,6D2;1D3,2D3,4D3,6D2;2D3,4D3,5D3;2D3,14D2;4D3/tm;15-,16-,18+,19?,20-,21-,23-,25?;2m;15-,16-,18+,19?,20-,21-,23-,25?. The van der Waals surface area contributed by atoms with E-state index in [9.17, 15) is 73.5 Å². The Hall–Kier alpha value is -8.10. The van der Waals surface area contributed by atoms with Crippen LogP contribution in [0.15, 0.2) is 119 Å². The van der Waals surface area contributed by atoms with Gasteiger partial charge < -0.3 is 72.9 Å². The summed E-state index contributed by atoms with van der Waals surface area (Å²) in [6, 6.07) is 0. The maximum atomic E-state index is 13.9. The Morgan fingerprint density at radius 3 is 0.787 bits per heavy atom. The number of esters is 10. The van der Waals surface area contributed by atoms with Crippen molar-refractivity contribution in [2.75, 3.05) is 0 Å². The molecule has 0 aromatic rings. The van der Waals surface area contributed by atoms with Gasteiger partial charge >= 0.3 is 59.7 Å². The number of carbonyl (C=O) groups is 10. The van der Waals surface area contributed by atoms with E-state index in [1.54, 1.807) is 49.5 Å². The van der Waals surface area contributed by atoms with Gasteiger partial charge in [0.1, 0.15) is 61.0 Å². The highest BCUT2D eigenvalue weighted by Gasteiger charge is 2.52. The maximum absolute atomic E-state index is 13.9. The molecule has 840 valence electrons. The Balaban J connectivity index is 0.000000222. The Morgan fingerprint density at radius 1 is 0.313 bits per heavy atom. The molecule has 37 atom stereocenters. The number of hydrogen-bond donors (Lipinski definition) is 5. The van der Waals surface area contributed by atoms with Gasteiger partial charge in [-0.15, -0.1) is 0 Å². The third kappa shape index (κ3) is 32.8. The predicted molar refractivity (Wildman–Crippen MR) is 577 cm³/mol. The van der Waals surface area contributed by atoms with Crippen molar-refractivity contribution >= 4 is 59.7 Å². The highest BCUT2D eigenvalue weighted by atomic mass is 16.6. The fourth-order valence-electron chi connectivity index (χ4n) is 24.0. The van der Waals surface area contributed by atoms with Crippen molar-refractivity contribution in [2.24, 2.45) is 145 Å². The second kappa shape index (κ2) is 53.6. The van der Waals surface area contributed by atoms with Crippen LogP contribution in [0.25, 0.3) is 0 Å². The zero-order chi connectivity index (χ0) is 146. The van der Waals surface area contributed by atoms with E-state index in [1.807, 2.05) is 65.8 Å². The lowest BCUT2D eigenvalue weighted by atomic mass is 9.65. The van der Waals surface area contributed by atoms with Crippen molar-refractivity contribution < 1.29 is 178 Å². The average molecular weight is 2140 g/mol. The van der Waals surface area contributed by atoms with Crippen LogP contribution in [0.2, 0.25) is 0 Å². The molecule has 0 radical (unpaired) electrons. The second-order valence-corrected chi connectivity index (χ2v) is 45.6. The SMILES string of the molecule is [2H]C([2H])([2H])C(C)(CC)C(=O)O[C@H]1C[C@@H](C)C=C2C=C[C@H](C)[C@H](CCC3C[C@@H](O)CC(=O)O3)[C@H]21.[2H]C([2H])([2H])[C@H]1C=C2C=C[C@H](C)[C@H](CCC3C[C@@H](O)C([2H])([2H])C(=O)O3)[C@H]2[C@@H](OC(=O)C(C)(C)CC)C1.[2H]C([2H])([2H])[C@H]1C=C2C=C[C@H](C)[C@H](CCC3C[C@@H](O)CC(=O)O3)[C@H]2[C@@H](OC(=O)C(C([2H])([2H])[2H])(C([2H])([2H])[2H])C([2H])([2H])C([2H])([2H])[2H])C1.[2H]C([2H])([2H])[C@H]1C=C2C=C[C@H](C)[C@H](CCC3C[C@@H](O)CC(=O)O3)[C@H]2[C@@H](OC(=O)C(C)(C([2H])([2H])[2H])C([2H])([2H])C([2H])([2H])[2H])C1.[2H]C([2H])([2H])[C@H]1C=C2C=C[C@H](C)[C@H](CCC3C[C@@H](O)CC(=O)O3)[C@H]2[C@@H](OC(=O)C(CC)(C([2H])([2H])[2H])C([2H])([2H])[2H])C1. The summed E-state index contributed by atoms with van der Waals surface area (Å²) >= 11 is 0. The molecule has 5 heterocycles. The van der Waals surface area contributed by atoms with E-state index < -0.39 is 322 Å². The highest BCUT2D eigenvalue weighted by Crippen LogP contribution is 2.54. The molecule has 5 saturated heterocycles. The van der Waals surface area contributed by atoms with Gasteiger partial charge in [0, 0.05) is 119 Å². The quantitative estimate of drug-likeness (QED) is 0.0329. The van der Waals surface area contributed by atoms with Crippen molar-refractivity contribution in [1.82, 2.24) is 0 Å². The monoisotopic (exact) mass is 2130 g/mol. The molecule has 7 unspecified atom stereocenters. The molecule has 0 bridgehead atoms. The number of aliphatic hydroxyl groups is 5. The van der Waals surface area contributed by atoms with E-state index in [4.69, 9.17) is 105 Å². The third-order valence-electron chi connectivity index (χ3n) is 33.2. The molecule has 0 aromatic carbocycles. The Bertz CT molecular complexity index is 6640. The summed E-state index contributed by atoms with van der Waals surface area (Å²) in [7, 11) is 0. The van der Waals surface area contributed by atoms with E-state index in [-0.39, 0.29) is 166 Å². The molecule has 0 saturated carbocycles. The van der Waals surface area contributed by atoms with Crippen LogP contribution in [0.5, 0.6) is 0 Å². The maximum Gasteiger partial charge on any atom is 0.311 e. The first kappa shape index (κ1) is 74.9. The van der Waals surface area contributed by atoms with E-state index in [2.05, 4.69) is 39.0 Å². The second-order valence-electron chi connectivity index (χ2n) is 45.6. The summed E-state index contributed by atoms with van der Waals surface area (Å²) < 4.78 is 389. The van der Waals surface area contributed by atoms with Crippen LogP contribution in [-0.4, -0.2) is 177 Å². The fourth-order valence-corrected chi connectivity index (χ4v) is 24.0. The molecule has 5 aliphatic heterocycles. The Morgan fingerprint density at radius 2 is 0.540 bits per heavy atom. The van der Waals surface area contributed by atoms with Crippen LogP contribution < -0.4 is 0 Å². The van der Waals surface area contributed by atoms with Gasteiger partial charge in [-0.3, -0.25) is 47.9 Å². The van der Waals surface area contributed by atoms with E-state index in [1.165, 1.54) is 19.9 Å². The zero-order valence-electron chi connectivity index (χ0n) is 131. The first-order valence-corrected chi connectivity index (χ1v) is 53.9. The molecule has 0 amide bonds. The molecule has 5 fully saturated rings. The van der Waals surface area contributed by atoms with E-state index in [0.29, 0.717) is 101 Å². The summed E-state index contributed by atoms with van der Waals surface area (Å²) in [6.45, 7) is -14.7. The van der Waals surface area contributed by atoms with Gasteiger partial charge in [-0.1, -0.05) is 195 Å². The largest absolute Gasteiger partial charge is 0.462 e. The van der Waals surface area contributed by atoms with Gasteiger partial charge in [0.25, 0.3) is 0 Å². The molecule has 10 aliphatic carbocycles. The summed E-state index contributed by atoms with van der Waals surface area (Å²) in [4.78, 5) is 127. The minimum atomic E-state index is -4.16. The number of rotatable bonds is 30. The smallest absolute Gasteiger partial charge is 0.311 e. The van der Waals surface area contributed by atoms with Crippen molar-refractivity contribution in [3.8, 4) is 0 Å². The summed E-state index contributed by atoms with van der Waals surface area (Å²) in [5.41, 5.74) is -8.66. The molecule has 15 aliphatic rings. The predicted octanol–water partition coefficient (Wildman–Crippen LogP) is 22.9. The van der Waals surface area contributed by atoms with Crippen molar-refractivity contribution in [1.29, 1.82) is 0 Å². The van der Waals surface area contributed by atoms with Gasteiger partial charge in [-0.2, -0.15) is 0 Å². The van der Waals surface area contributed by atoms with Crippen LogP contribution in [0, 0.1) is 145 Å². The minimum Gasteiger partial charge on any atom is -0.462 e. The van der Waals surface area contributed by atoms with Gasteiger partial charge in [0.15, 0.2) is 0 Å². The Kier molecular flexibility index (Phi) is 26.8. The normalized spacial score (nSPS) is 42.9. The van der Waals surface area contributed by atoms with Gasteiger partial charge in [0.2, 0.25) is 0 Å². The molecule has 0 aromatic heterocycles. The van der Waals surface area contributed by atoms with Crippen LogP contribution in [0.3, 0.4) is 0 Å². The zero-order valence-corrected chi connectivity index (χ0v) is 88.9. The van der Waals surface area contributed by atoms with Crippen LogP contribution in [-0.2, 0) is 95.3 Å². The van der Waals surface area contributed by atoms with Gasteiger partial charge in [-0.25, -0.2) is 0 Å². The molecule has 150 heavy (non-hydrogen) atoms. The lowest BCUT2D eigenvalue weighted by Gasteiger charge is -2.44. The molecule has 25 heteroatoms. The van der Waals surface area contributed by atoms with Crippen molar-refractivity contribution in [2.45, 2.75) is 456 Å². The van der Waals surface area contributed by atoms with Gasteiger partial charge in [-0.05, 0) is 314 Å². The highest BCUT2D eigenvalue weighted by molar-refractivity contribution is 5.79. The number of ether oxygens (including phenoxy) is 10. The minimum absolute atomic E-state index is 0.000807. The van der Waals surface area contributed by atoms with Crippen LogP contribution in [0.1, 0.15) is 422 Å². The summed E-state index contributed by atoms with van der Waals surface area (Å²) in [6.07, 6.45) is 11.9. The summed E-state index contributed by atoms with van der Waals surface area (Å²) in [5, 5.41) is 50.0. The third-order valence-corrected chi connectivity index (χ3v) is 33.2. The average Bonchev–Trinajstić information content (AvgIpc) is 0.689. The van der Waals surface area contributed by atoms with E-state index in [0.717, 1.165) is 17.6 Å². The fraction of sp³-hybridized carbons (Fsp3) is 0.760. The number of fused-ring (bicyclic) bond motifs is 5. The lowest BCUT2D eigenvalue weighted by molar-refractivity contribution is -0.166. The van der Waals surface area contributed by atoms with Crippen molar-refractivity contribution in [3.63, 3.8) is 0 Å². The van der Waals surface area contributed by atoms with Crippen LogP contribution in [0.4, 0.5) is 0 Å². The number of carbonyl (C=O) groups excluding carboxylic acids is 10. The molecular weight excluding hydrogens is 1900 g/mol. The molecule has 5 N–H and O–H groups in total. The first-order valence-electron chi connectivity index (χ1n) is 74.9. The number of allylic oxidation sites excluding steroid dienone is 15.